The van der Waals surface area contributed by atoms with Gasteiger partial charge in [-0.1, -0.05) is 0 Å². The summed E-state index contributed by atoms with van der Waals surface area (Å²) < 4.78 is 1.43. The number of hydrogen-bond acceptors (Lipinski definition) is 4. The minimum absolute atomic E-state index is 0.339. The summed E-state index contributed by atoms with van der Waals surface area (Å²) in [6.45, 7) is 0. The van der Waals surface area contributed by atoms with Crippen molar-refractivity contribution in [3.05, 3.63) is 6.33 Å². The fourth-order valence-corrected chi connectivity index (χ4v) is 1.29. The van der Waals surface area contributed by atoms with Gasteiger partial charge in [0, 0.05) is 0 Å². The fraction of sp³-hybridized carbons (Fsp3) is 0.667. The predicted octanol–water partition coefficient (Wildman–Crippen LogP) is -0.891. The molecular formula is C6H9N5O. The summed E-state index contributed by atoms with van der Waals surface area (Å²) in [5, 5.41) is 10.6. The Bertz CT molecular complexity index is 278. The lowest BCUT2D eigenvalue weighted by Crippen LogP contribution is -2.28. The van der Waals surface area contributed by atoms with Crippen molar-refractivity contribution in [3.63, 3.8) is 0 Å². The molecule has 0 spiro atoms. The average Bonchev–Trinajstić information content (AvgIpc) is 2.65. The Morgan fingerprint density at radius 2 is 2.42 bits per heavy atom. The maximum Gasteiger partial charge on any atom is 0.242 e. The van der Waals surface area contributed by atoms with Gasteiger partial charge in [-0.2, -0.15) is 0 Å². The summed E-state index contributed by atoms with van der Waals surface area (Å²) >= 11 is 0. The maximum atomic E-state index is 11.0. The molecule has 0 saturated heterocycles. The monoisotopic (exact) mass is 167 g/mol. The van der Waals surface area contributed by atoms with Gasteiger partial charge in [-0.3, -0.25) is 4.79 Å². The zero-order valence-corrected chi connectivity index (χ0v) is 6.42. The summed E-state index contributed by atoms with van der Waals surface area (Å²) in [5.74, 6) is -0.0178. The van der Waals surface area contributed by atoms with E-state index in [2.05, 4.69) is 15.5 Å². The first-order chi connectivity index (χ1) is 5.79. The van der Waals surface area contributed by atoms with Gasteiger partial charge in [0.15, 0.2) is 0 Å². The number of hydrogen-bond donors (Lipinski definition) is 1. The van der Waals surface area contributed by atoms with E-state index in [1.165, 1.54) is 11.0 Å². The van der Waals surface area contributed by atoms with E-state index in [-0.39, 0.29) is 11.9 Å². The quantitative estimate of drug-likeness (QED) is 0.632. The second kappa shape index (κ2) is 2.54. The van der Waals surface area contributed by atoms with Crippen molar-refractivity contribution < 1.29 is 4.79 Å². The van der Waals surface area contributed by atoms with Crippen LogP contribution in [0.4, 0.5) is 0 Å². The number of carbonyl (C=O) groups is 1. The van der Waals surface area contributed by atoms with Crippen molar-refractivity contribution >= 4 is 5.91 Å². The highest BCUT2D eigenvalue weighted by Crippen LogP contribution is 2.38. The first kappa shape index (κ1) is 7.20. The molecule has 1 aliphatic rings. The van der Waals surface area contributed by atoms with Crippen molar-refractivity contribution in [2.24, 2.45) is 11.7 Å². The second-order valence-electron chi connectivity index (χ2n) is 2.97. The van der Waals surface area contributed by atoms with Crippen LogP contribution >= 0.6 is 0 Å². The molecule has 6 heteroatoms. The van der Waals surface area contributed by atoms with Crippen LogP contribution in [0.3, 0.4) is 0 Å². The minimum atomic E-state index is -0.357. The zero-order valence-electron chi connectivity index (χ0n) is 6.42. The Hall–Kier alpha value is -1.46. The number of nitrogens with zero attached hydrogens (tertiary/aromatic N) is 4. The largest absolute Gasteiger partial charge is 0.368 e. The van der Waals surface area contributed by atoms with Crippen LogP contribution in [0.15, 0.2) is 6.33 Å². The molecule has 0 aliphatic heterocycles. The number of nitrogens with two attached hydrogens (primary N) is 1. The summed E-state index contributed by atoms with van der Waals surface area (Å²) in [7, 11) is 0. The van der Waals surface area contributed by atoms with E-state index in [0.717, 1.165) is 12.8 Å². The van der Waals surface area contributed by atoms with E-state index in [0.29, 0.717) is 5.92 Å². The lowest BCUT2D eigenvalue weighted by atomic mass is 10.2. The molecule has 64 valence electrons. The lowest BCUT2D eigenvalue weighted by Gasteiger charge is -2.09. The van der Waals surface area contributed by atoms with Crippen LogP contribution in [-0.2, 0) is 4.79 Å². The molecule has 12 heavy (non-hydrogen) atoms. The highest BCUT2D eigenvalue weighted by atomic mass is 16.1. The third-order valence-corrected chi connectivity index (χ3v) is 2.01. The molecule has 0 radical (unpaired) electrons. The number of tetrazole rings is 1. The first-order valence-electron chi connectivity index (χ1n) is 3.81. The van der Waals surface area contributed by atoms with Gasteiger partial charge in [-0.15, -0.1) is 5.10 Å². The first-order valence-corrected chi connectivity index (χ1v) is 3.81. The van der Waals surface area contributed by atoms with E-state index in [1.807, 2.05) is 0 Å². The van der Waals surface area contributed by atoms with Gasteiger partial charge in [0.2, 0.25) is 5.91 Å². The molecule has 1 heterocycles. The van der Waals surface area contributed by atoms with Crippen molar-refractivity contribution in [2.75, 3.05) is 0 Å². The molecule has 0 aromatic carbocycles. The van der Waals surface area contributed by atoms with Crippen molar-refractivity contribution in [3.8, 4) is 0 Å². The Labute approximate surface area is 68.7 Å². The number of rotatable bonds is 3. The van der Waals surface area contributed by atoms with Crippen molar-refractivity contribution in [1.29, 1.82) is 0 Å². The number of primary amides is 1. The van der Waals surface area contributed by atoms with E-state index in [1.54, 1.807) is 0 Å². The van der Waals surface area contributed by atoms with Gasteiger partial charge < -0.3 is 5.73 Å². The number of aromatic nitrogens is 4. The summed E-state index contributed by atoms with van der Waals surface area (Å²) in [5.41, 5.74) is 5.21. The maximum absolute atomic E-state index is 11.0. The smallest absolute Gasteiger partial charge is 0.242 e. The van der Waals surface area contributed by atoms with E-state index >= 15 is 0 Å². The molecule has 1 aromatic rings. The van der Waals surface area contributed by atoms with E-state index < -0.39 is 0 Å². The molecule has 1 aliphatic carbocycles. The van der Waals surface area contributed by atoms with Crippen LogP contribution in [0.2, 0.25) is 0 Å². The second-order valence-corrected chi connectivity index (χ2v) is 2.97. The zero-order chi connectivity index (χ0) is 8.55. The number of carbonyl (C=O) groups excluding carboxylic acids is 1. The average molecular weight is 167 g/mol. The van der Waals surface area contributed by atoms with E-state index in [4.69, 9.17) is 5.73 Å². The van der Waals surface area contributed by atoms with Gasteiger partial charge in [0.05, 0.1) is 0 Å². The molecule has 1 aromatic heterocycles. The van der Waals surface area contributed by atoms with Crippen LogP contribution in [-0.4, -0.2) is 26.1 Å². The van der Waals surface area contributed by atoms with Gasteiger partial charge in [0.1, 0.15) is 12.4 Å². The highest BCUT2D eigenvalue weighted by molar-refractivity contribution is 5.78. The van der Waals surface area contributed by atoms with Crippen LogP contribution in [0.5, 0.6) is 0 Å². The SMILES string of the molecule is NC(=O)C(C1CC1)n1cnnn1. The number of amides is 1. The third-order valence-electron chi connectivity index (χ3n) is 2.01. The summed E-state index contributed by atoms with van der Waals surface area (Å²) in [4.78, 5) is 11.0. The molecule has 6 nitrogen and oxygen atoms in total. The Kier molecular flexibility index (Phi) is 1.53. The van der Waals surface area contributed by atoms with E-state index in [9.17, 15) is 4.79 Å². The van der Waals surface area contributed by atoms with Crippen LogP contribution in [0.1, 0.15) is 18.9 Å². The highest BCUT2D eigenvalue weighted by Gasteiger charge is 2.37. The molecule has 2 rings (SSSR count). The molecular weight excluding hydrogens is 158 g/mol. The molecule has 1 atom stereocenters. The lowest BCUT2D eigenvalue weighted by molar-refractivity contribution is -0.122. The van der Waals surface area contributed by atoms with Crippen molar-refractivity contribution in [1.82, 2.24) is 20.2 Å². The summed E-state index contributed by atoms with van der Waals surface area (Å²) in [6.07, 6.45) is 3.49. The normalized spacial score (nSPS) is 19.0. The van der Waals surface area contributed by atoms with Crippen molar-refractivity contribution in [2.45, 2.75) is 18.9 Å². The van der Waals surface area contributed by atoms with Crippen LogP contribution in [0, 0.1) is 5.92 Å². The topological polar surface area (TPSA) is 86.7 Å². The Morgan fingerprint density at radius 3 is 2.83 bits per heavy atom. The predicted molar refractivity (Wildman–Crippen MR) is 38.8 cm³/mol. The fourth-order valence-electron chi connectivity index (χ4n) is 1.29. The van der Waals surface area contributed by atoms with Gasteiger partial charge >= 0.3 is 0 Å². The standard InChI is InChI=1S/C6H9N5O/c7-6(12)5(4-1-2-4)11-3-8-9-10-11/h3-5H,1-2H2,(H2,7,12). The molecule has 1 saturated carbocycles. The van der Waals surface area contributed by atoms with Crippen LogP contribution in [0.25, 0.3) is 0 Å². The van der Waals surface area contributed by atoms with Gasteiger partial charge in [-0.25, -0.2) is 4.68 Å². The van der Waals surface area contributed by atoms with Gasteiger partial charge in [-0.05, 0) is 29.2 Å². The minimum Gasteiger partial charge on any atom is -0.368 e. The molecule has 2 N–H and O–H groups in total. The van der Waals surface area contributed by atoms with Crippen LogP contribution < -0.4 is 5.73 Å². The molecule has 0 bridgehead atoms. The molecule has 1 unspecified atom stereocenters. The summed E-state index contributed by atoms with van der Waals surface area (Å²) in [6, 6.07) is -0.347. The third kappa shape index (κ3) is 1.15. The molecule has 1 amide bonds. The Morgan fingerprint density at radius 1 is 1.67 bits per heavy atom. The molecule has 1 fully saturated rings. The van der Waals surface area contributed by atoms with Gasteiger partial charge in [0.25, 0.3) is 0 Å². The Balaban J connectivity index is 2.21.